The monoisotopic (exact) mass is 289 g/mol. The number of amides is 1. The maximum absolute atomic E-state index is 12.5. The molecule has 0 unspecified atom stereocenters. The molecule has 0 spiro atoms. The van der Waals surface area contributed by atoms with E-state index in [0.717, 1.165) is 5.75 Å². The van der Waals surface area contributed by atoms with Gasteiger partial charge in [0.05, 0.1) is 13.2 Å². The minimum absolute atomic E-state index is 0.0528. The van der Waals surface area contributed by atoms with E-state index < -0.39 is 0 Å². The van der Waals surface area contributed by atoms with Crippen LogP contribution in [-0.2, 0) is 6.54 Å². The second kappa shape index (κ2) is 6.88. The SMILES string of the molecule is CCOc1ccc(C(=O)N(CC)Cc2nonc2C)cc1. The first-order valence-corrected chi connectivity index (χ1v) is 6.95. The normalized spacial score (nSPS) is 10.4. The van der Waals surface area contributed by atoms with Crippen molar-refractivity contribution in [1.29, 1.82) is 0 Å². The Labute approximate surface area is 123 Å². The van der Waals surface area contributed by atoms with Crippen molar-refractivity contribution in [2.24, 2.45) is 0 Å². The van der Waals surface area contributed by atoms with E-state index in [2.05, 4.69) is 14.9 Å². The molecule has 0 aliphatic rings. The van der Waals surface area contributed by atoms with Crippen LogP contribution in [0.1, 0.15) is 35.6 Å². The lowest BCUT2D eigenvalue weighted by molar-refractivity contribution is 0.0748. The molecule has 0 saturated carbocycles. The zero-order valence-corrected chi connectivity index (χ0v) is 12.5. The smallest absolute Gasteiger partial charge is 0.254 e. The molecule has 6 nitrogen and oxygen atoms in total. The van der Waals surface area contributed by atoms with Crippen LogP contribution >= 0.6 is 0 Å². The third-order valence-electron chi connectivity index (χ3n) is 3.17. The number of carbonyl (C=O) groups excluding carboxylic acids is 1. The summed E-state index contributed by atoms with van der Waals surface area (Å²) in [5.41, 5.74) is 2.00. The summed E-state index contributed by atoms with van der Waals surface area (Å²) in [7, 11) is 0. The Morgan fingerprint density at radius 2 is 1.95 bits per heavy atom. The molecule has 0 bridgehead atoms. The number of aryl methyl sites for hydroxylation is 1. The number of benzene rings is 1. The van der Waals surface area contributed by atoms with Gasteiger partial charge < -0.3 is 9.64 Å². The van der Waals surface area contributed by atoms with E-state index in [1.165, 1.54) is 0 Å². The predicted molar refractivity (Wildman–Crippen MR) is 77.1 cm³/mol. The average Bonchev–Trinajstić information content (AvgIpc) is 2.90. The number of aromatic nitrogens is 2. The van der Waals surface area contributed by atoms with E-state index in [4.69, 9.17) is 4.74 Å². The fraction of sp³-hybridized carbons (Fsp3) is 0.400. The highest BCUT2D eigenvalue weighted by atomic mass is 16.6. The molecule has 21 heavy (non-hydrogen) atoms. The van der Waals surface area contributed by atoms with Gasteiger partial charge in [-0.15, -0.1) is 0 Å². The molecule has 2 rings (SSSR count). The van der Waals surface area contributed by atoms with E-state index in [9.17, 15) is 4.79 Å². The predicted octanol–water partition coefficient (Wildman–Crippen LogP) is 2.44. The van der Waals surface area contributed by atoms with Gasteiger partial charge in [0, 0.05) is 12.1 Å². The highest BCUT2D eigenvalue weighted by Gasteiger charge is 2.17. The minimum atomic E-state index is -0.0528. The van der Waals surface area contributed by atoms with Crippen molar-refractivity contribution in [2.75, 3.05) is 13.2 Å². The molecule has 1 amide bonds. The summed E-state index contributed by atoms with van der Waals surface area (Å²) in [5.74, 6) is 0.705. The molecule has 0 aliphatic heterocycles. The summed E-state index contributed by atoms with van der Waals surface area (Å²) in [5, 5.41) is 7.55. The lowest BCUT2D eigenvalue weighted by Crippen LogP contribution is -2.30. The first-order valence-electron chi connectivity index (χ1n) is 6.95. The van der Waals surface area contributed by atoms with Gasteiger partial charge in [-0.2, -0.15) is 0 Å². The number of hydrogen-bond acceptors (Lipinski definition) is 5. The van der Waals surface area contributed by atoms with Gasteiger partial charge in [0.15, 0.2) is 0 Å². The fourth-order valence-electron chi connectivity index (χ4n) is 1.94. The van der Waals surface area contributed by atoms with Crippen LogP contribution < -0.4 is 4.74 Å². The lowest BCUT2D eigenvalue weighted by Gasteiger charge is -2.19. The molecule has 1 aromatic carbocycles. The van der Waals surface area contributed by atoms with Crippen molar-refractivity contribution in [3.8, 4) is 5.75 Å². The van der Waals surface area contributed by atoms with Gasteiger partial charge in [0.2, 0.25) is 0 Å². The summed E-state index contributed by atoms with van der Waals surface area (Å²) < 4.78 is 10.0. The largest absolute Gasteiger partial charge is 0.494 e. The minimum Gasteiger partial charge on any atom is -0.494 e. The second-order valence-electron chi connectivity index (χ2n) is 4.57. The Morgan fingerprint density at radius 1 is 1.24 bits per heavy atom. The zero-order valence-electron chi connectivity index (χ0n) is 12.5. The second-order valence-corrected chi connectivity index (χ2v) is 4.57. The third-order valence-corrected chi connectivity index (χ3v) is 3.17. The molecule has 112 valence electrons. The summed E-state index contributed by atoms with van der Waals surface area (Å²) in [6.07, 6.45) is 0. The standard InChI is InChI=1S/C15H19N3O3/c1-4-18(10-14-11(3)16-21-17-14)15(19)12-6-8-13(9-7-12)20-5-2/h6-9H,4-5,10H2,1-3H3. The number of rotatable bonds is 6. The van der Waals surface area contributed by atoms with Crippen LogP contribution in [0.3, 0.4) is 0 Å². The molecule has 0 atom stereocenters. The molecule has 1 heterocycles. The van der Waals surface area contributed by atoms with Gasteiger partial charge in [-0.25, -0.2) is 4.63 Å². The van der Waals surface area contributed by atoms with Crippen molar-refractivity contribution in [3.63, 3.8) is 0 Å². The third kappa shape index (κ3) is 3.59. The Hall–Kier alpha value is -2.37. The van der Waals surface area contributed by atoms with Gasteiger partial charge in [0.25, 0.3) is 5.91 Å². The molecular weight excluding hydrogens is 270 g/mol. The van der Waals surface area contributed by atoms with Crippen LogP contribution in [0.5, 0.6) is 5.75 Å². The van der Waals surface area contributed by atoms with E-state index in [1.54, 1.807) is 36.1 Å². The van der Waals surface area contributed by atoms with E-state index >= 15 is 0 Å². The van der Waals surface area contributed by atoms with Gasteiger partial charge >= 0.3 is 0 Å². The molecule has 0 saturated heterocycles. The summed E-state index contributed by atoms with van der Waals surface area (Å²) in [4.78, 5) is 14.2. The summed E-state index contributed by atoms with van der Waals surface area (Å²) in [6.45, 7) is 7.23. The molecule has 1 aromatic heterocycles. The van der Waals surface area contributed by atoms with E-state index in [0.29, 0.717) is 36.6 Å². The van der Waals surface area contributed by atoms with E-state index in [-0.39, 0.29) is 5.91 Å². The number of ether oxygens (including phenoxy) is 1. The van der Waals surface area contributed by atoms with Gasteiger partial charge in [-0.3, -0.25) is 4.79 Å². The van der Waals surface area contributed by atoms with Crippen molar-refractivity contribution >= 4 is 5.91 Å². The first kappa shape index (κ1) is 15.0. The highest BCUT2D eigenvalue weighted by molar-refractivity contribution is 5.94. The molecule has 0 radical (unpaired) electrons. The molecule has 0 N–H and O–H groups in total. The summed E-state index contributed by atoms with van der Waals surface area (Å²) >= 11 is 0. The van der Waals surface area contributed by atoms with Gasteiger partial charge in [-0.05, 0) is 45.0 Å². The lowest BCUT2D eigenvalue weighted by atomic mass is 10.2. The Balaban J connectivity index is 2.10. The van der Waals surface area contributed by atoms with Crippen LogP contribution in [0, 0.1) is 6.92 Å². The summed E-state index contributed by atoms with van der Waals surface area (Å²) in [6, 6.07) is 7.13. The van der Waals surface area contributed by atoms with E-state index in [1.807, 2.05) is 13.8 Å². The van der Waals surface area contributed by atoms with Gasteiger partial charge in [-0.1, -0.05) is 10.3 Å². The molecule has 6 heteroatoms. The Kier molecular flexibility index (Phi) is 4.92. The van der Waals surface area contributed by atoms with Crippen molar-refractivity contribution in [2.45, 2.75) is 27.3 Å². The van der Waals surface area contributed by atoms with Crippen LogP contribution in [0.2, 0.25) is 0 Å². The zero-order chi connectivity index (χ0) is 15.2. The Morgan fingerprint density at radius 3 is 2.48 bits per heavy atom. The van der Waals surface area contributed by atoms with Crippen LogP contribution in [0.4, 0.5) is 0 Å². The Bertz CT molecular complexity index is 592. The van der Waals surface area contributed by atoms with Gasteiger partial charge in [0.1, 0.15) is 17.1 Å². The highest BCUT2D eigenvalue weighted by Crippen LogP contribution is 2.15. The maximum Gasteiger partial charge on any atom is 0.254 e. The molecule has 0 fully saturated rings. The molecule has 2 aromatic rings. The topological polar surface area (TPSA) is 68.5 Å². The van der Waals surface area contributed by atoms with Crippen molar-refractivity contribution in [1.82, 2.24) is 15.2 Å². The van der Waals surface area contributed by atoms with Crippen LogP contribution in [0.25, 0.3) is 0 Å². The number of nitrogens with zero attached hydrogens (tertiary/aromatic N) is 3. The number of hydrogen-bond donors (Lipinski definition) is 0. The quantitative estimate of drug-likeness (QED) is 0.817. The average molecular weight is 289 g/mol. The molecular formula is C15H19N3O3. The molecule has 0 aliphatic carbocycles. The van der Waals surface area contributed by atoms with Crippen LogP contribution in [-0.4, -0.2) is 34.3 Å². The first-order chi connectivity index (χ1) is 10.2. The fourth-order valence-corrected chi connectivity index (χ4v) is 1.94. The van der Waals surface area contributed by atoms with Crippen molar-refractivity contribution in [3.05, 3.63) is 41.2 Å². The van der Waals surface area contributed by atoms with Crippen LogP contribution in [0.15, 0.2) is 28.9 Å². The van der Waals surface area contributed by atoms with Crippen molar-refractivity contribution < 1.29 is 14.2 Å². The maximum atomic E-state index is 12.5. The number of carbonyl (C=O) groups is 1.